The number of hydrogen-bond donors (Lipinski definition) is 1. The maximum Gasteiger partial charge on any atom is 0.251 e. The van der Waals surface area contributed by atoms with Crippen LogP contribution in [0.4, 0.5) is 0 Å². The van der Waals surface area contributed by atoms with Gasteiger partial charge in [-0.1, -0.05) is 74.5 Å². The number of carbonyl (C=O) groups excluding carboxylic acids is 2. The molecule has 1 aliphatic heterocycles. The molecule has 1 aliphatic rings. The second kappa shape index (κ2) is 10.7. The van der Waals surface area contributed by atoms with Crippen LogP contribution in [0, 0.1) is 5.92 Å². The average Bonchev–Trinajstić information content (AvgIpc) is 2.78. The fourth-order valence-electron chi connectivity index (χ4n) is 3.58. The maximum atomic E-state index is 13.1. The molecule has 0 saturated carbocycles. The van der Waals surface area contributed by atoms with Gasteiger partial charge in [0.15, 0.2) is 0 Å². The Bertz CT molecular complexity index is 841. The van der Waals surface area contributed by atoms with Gasteiger partial charge >= 0.3 is 0 Å². The molecule has 1 heterocycles. The Morgan fingerprint density at radius 1 is 0.933 bits per heavy atom. The van der Waals surface area contributed by atoms with Crippen LogP contribution in [0.5, 0.6) is 0 Å². The Morgan fingerprint density at radius 2 is 1.53 bits per heavy atom. The van der Waals surface area contributed by atoms with Crippen LogP contribution in [0.15, 0.2) is 66.7 Å². The summed E-state index contributed by atoms with van der Waals surface area (Å²) in [7, 11) is 0. The van der Waals surface area contributed by atoms with E-state index in [1.807, 2.05) is 55.1 Å². The van der Waals surface area contributed by atoms with Crippen molar-refractivity contribution in [1.29, 1.82) is 0 Å². The van der Waals surface area contributed by atoms with Crippen LogP contribution < -0.4 is 5.32 Å². The number of nitrogens with one attached hydrogen (secondary N) is 1. The van der Waals surface area contributed by atoms with Gasteiger partial charge in [0.05, 0.1) is 0 Å². The van der Waals surface area contributed by atoms with Crippen molar-refractivity contribution in [2.24, 2.45) is 5.92 Å². The SMILES string of the molecule is CC(C)C(NC(=O)c1ccccc1)C(=O)N1CCN(C/C=C/c2ccccc2)CC1. The van der Waals surface area contributed by atoms with E-state index in [1.165, 1.54) is 5.56 Å². The van der Waals surface area contributed by atoms with Crippen LogP contribution >= 0.6 is 0 Å². The summed E-state index contributed by atoms with van der Waals surface area (Å²) in [6.45, 7) is 7.85. The van der Waals surface area contributed by atoms with Gasteiger partial charge in [0.2, 0.25) is 5.91 Å². The smallest absolute Gasteiger partial charge is 0.251 e. The summed E-state index contributed by atoms with van der Waals surface area (Å²) >= 11 is 0. The standard InChI is InChI=1S/C25H31N3O2/c1-20(2)23(26-24(29)22-13-7-4-8-14-22)25(30)28-18-16-27(17-19-28)15-9-12-21-10-5-3-6-11-21/h3-14,20,23H,15-19H2,1-2H3,(H,26,29)/b12-9+. The van der Waals surface area contributed by atoms with Crippen LogP contribution in [-0.2, 0) is 4.79 Å². The predicted molar refractivity (Wildman–Crippen MR) is 121 cm³/mol. The average molecular weight is 406 g/mol. The number of carbonyl (C=O) groups is 2. The fourth-order valence-corrected chi connectivity index (χ4v) is 3.58. The molecule has 0 radical (unpaired) electrons. The van der Waals surface area contributed by atoms with Gasteiger partial charge in [-0.15, -0.1) is 0 Å². The summed E-state index contributed by atoms with van der Waals surface area (Å²) < 4.78 is 0. The minimum absolute atomic E-state index is 0.00811. The second-order valence-electron chi connectivity index (χ2n) is 8.00. The molecule has 2 aromatic rings. The van der Waals surface area contributed by atoms with Crippen LogP contribution in [-0.4, -0.2) is 60.4 Å². The normalized spacial score (nSPS) is 16.0. The molecule has 1 unspecified atom stereocenters. The number of nitrogens with zero attached hydrogens (tertiary/aromatic N) is 2. The molecule has 158 valence electrons. The molecule has 1 N–H and O–H groups in total. The largest absolute Gasteiger partial charge is 0.340 e. The van der Waals surface area contributed by atoms with Gasteiger partial charge in [-0.25, -0.2) is 0 Å². The highest BCUT2D eigenvalue weighted by Gasteiger charge is 2.30. The Morgan fingerprint density at radius 3 is 2.13 bits per heavy atom. The van der Waals surface area contributed by atoms with Gasteiger partial charge in [-0.2, -0.15) is 0 Å². The van der Waals surface area contributed by atoms with Gasteiger partial charge < -0.3 is 10.2 Å². The summed E-state index contributed by atoms with van der Waals surface area (Å²) in [5.41, 5.74) is 1.77. The third-order valence-electron chi connectivity index (χ3n) is 5.41. The highest BCUT2D eigenvalue weighted by molar-refractivity contribution is 5.97. The Balaban J connectivity index is 1.51. The Hall–Kier alpha value is -2.92. The quantitative estimate of drug-likeness (QED) is 0.769. The van der Waals surface area contributed by atoms with Crippen molar-refractivity contribution in [2.45, 2.75) is 19.9 Å². The van der Waals surface area contributed by atoms with Crippen LogP contribution in [0.2, 0.25) is 0 Å². The molecule has 2 amide bonds. The zero-order valence-electron chi connectivity index (χ0n) is 17.8. The van der Waals surface area contributed by atoms with Crippen molar-refractivity contribution in [3.63, 3.8) is 0 Å². The van der Waals surface area contributed by atoms with Gasteiger partial charge in [0.1, 0.15) is 6.04 Å². The molecule has 1 atom stereocenters. The molecule has 0 aromatic heterocycles. The molecule has 1 saturated heterocycles. The molecule has 0 bridgehead atoms. The van der Waals surface area contributed by atoms with E-state index >= 15 is 0 Å². The summed E-state index contributed by atoms with van der Waals surface area (Å²) in [4.78, 5) is 29.9. The summed E-state index contributed by atoms with van der Waals surface area (Å²) in [5, 5.41) is 2.94. The summed E-state index contributed by atoms with van der Waals surface area (Å²) in [6, 6.07) is 18.8. The molecule has 30 heavy (non-hydrogen) atoms. The molecule has 1 fully saturated rings. The van der Waals surface area contributed by atoms with Gasteiger partial charge in [-0.05, 0) is 23.6 Å². The lowest BCUT2D eigenvalue weighted by Gasteiger charge is -2.37. The molecule has 2 aromatic carbocycles. The van der Waals surface area contributed by atoms with Crippen molar-refractivity contribution in [3.8, 4) is 0 Å². The lowest BCUT2D eigenvalue weighted by Crippen LogP contribution is -2.56. The first-order valence-electron chi connectivity index (χ1n) is 10.6. The monoisotopic (exact) mass is 405 g/mol. The molecule has 0 aliphatic carbocycles. The predicted octanol–water partition coefficient (Wildman–Crippen LogP) is 3.30. The molecular weight excluding hydrogens is 374 g/mol. The fraction of sp³-hybridized carbons (Fsp3) is 0.360. The zero-order chi connectivity index (χ0) is 21.3. The number of hydrogen-bond acceptors (Lipinski definition) is 3. The van der Waals surface area contributed by atoms with E-state index < -0.39 is 6.04 Å². The van der Waals surface area contributed by atoms with Gasteiger partial charge in [0.25, 0.3) is 5.91 Å². The van der Waals surface area contributed by atoms with Crippen LogP contribution in [0.1, 0.15) is 29.8 Å². The van der Waals surface area contributed by atoms with Crippen LogP contribution in [0.3, 0.4) is 0 Å². The lowest BCUT2D eigenvalue weighted by atomic mass is 10.0. The summed E-state index contributed by atoms with van der Waals surface area (Å²) in [5.74, 6) is -0.168. The second-order valence-corrected chi connectivity index (χ2v) is 8.00. The third-order valence-corrected chi connectivity index (χ3v) is 5.41. The highest BCUT2D eigenvalue weighted by atomic mass is 16.2. The van der Waals surface area contributed by atoms with Crippen molar-refractivity contribution in [3.05, 3.63) is 77.9 Å². The van der Waals surface area contributed by atoms with Gasteiger partial charge in [-0.3, -0.25) is 14.5 Å². The van der Waals surface area contributed by atoms with E-state index in [1.54, 1.807) is 12.1 Å². The van der Waals surface area contributed by atoms with Gasteiger partial charge in [0, 0.05) is 38.3 Å². The minimum Gasteiger partial charge on any atom is -0.340 e. The first-order chi connectivity index (χ1) is 14.5. The third kappa shape index (κ3) is 6.04. The molecule has 3 rings (SSSR count). The lowest BCUT2D eigenvalue weighted by molar-refractivity contribution is -0.136. The topological polar surface area (TPSA) is 52.7 Å². The maximum absolute atomic E-state index is 13.1. The van der Waals surface area contributed by atoms with Crippen molar-refractivity contribution >= 4 is 17.9 Å². The van der Waals surface area contributed by atoms with E-state index in [4.69, 9.17) is 0 Å². The minimum atomic E-state index is -0.512. The van der Waals surface area contributed by atoms with Crippen LogP contribution in [0.25, 0.3) is 6.08 Å². The Labute approximate surface area is 179 Å². The highest BCUT2D eigenvalue weighted by Crippen LogP contribution is 2.11. The van der Waals surface area contributed by atoms with E-state index in [0.29, 0.717) is 18.7 Å². The molecule has 0 spiro atoms. The van der Waals surface area contributed by atoms with E-state index in [-0.39, 0.29) is 17.7 Å². The number of amides is 2. The molecule has 5 nitrogen and oxygen atoms in total. The van der Waals surface area contributed by atoms with E-state index in [2.05, 4.69) is 34.5 Å². The number of rotatable bonds is 7. The van der Waals surface area contributed by atoms with Crippen molar-refractivity contribution < 1.29 is 9.59 Å². The molecular formula is C25H31N3O2. The molecule has 5 heteroatoms. The number of benzene rings is 2. The number of piperazine rings is 1. The first kappa shape index (κ1) is 21.8. The van der Waals surface area contributed by atoms with E-state index in [9.17, 15) is 9.59 Å². The van der Waals surface area contributed by atoms with E-state index in [0.717, 1.165) is 19.6 Å². The van der Waals surface area contributed by atoms with Crippen molar-refractivity contribution in [1.82, 2.24) is 15.1 Å². The Kier molecular flexibility index (Phi) is 7.80. The first-order valence-corrected chi connectivity index (χ1v) is 10.6. The zero-order valence-corrected chi connectivity index (χ0v) is 17.8. The summed E-state index contributed by atoms with van der Waals surface area (Å²) in [6.07, 6.45) is 4.30. The van der Waals surface area contributed by atoms with Crippen molar-refractivity contribution in [2.75, 3.05) is 32.7 Å².